The molecule has 5 heteroatoms. The van der Waals surface area contributed by atoms with E-state index in [2.05, 4.69) is 4.98 Å². The molecule has 112 valence electrons. The largest absolute Gasteiger partial charge is 0.459 e. The molecule has 0 radical (unpaired) electrons. The first-order valence-corrected chi connectivity index (χ1v) is 7.75. The number of nitrogens with two attached hydrogens (primary N) is 1. The van der Waals surface area contributed by atoms with Gasteiger partial charge in [-0.05, 0) is 52.0 Å². The highest BCUT2D eigenvalue weighted by Gasteiger charge is 2.17. The van der Waals surface area contributed by atoms with Crippen molar-refractivity contribution < 1.29 is 9.53 Å². The molecular formula is C16H20N2O2S. The lowest BCUT2D eigenvalue weighted by Gasteiger charge is -2.19. The third-order valence-corrected chi connectivity index (χ3v) is 3.72. The van der Waals surface area contributed by atoms with Gasteiger partial charge in [-0.2, -0.15) is 0 Å². The number of ether oxygens (including phenoxy) is 1. The van der Waals surface area contributed by atoms with Gasteiger partial charge in [-0.15, -0.1) is 11.8 Å². The van der Waals surface area contributed by atoms with Crippen LogP contribution in [0.15, 0.2) is 29.2 Å². The van der Waals surface area contributed by atoms with Gasteiger partial charge in [0.05, 0.1) is 11.3 Å². The van der Waals surface area contributed by atoms with Crippen molar-refractivity contribution in [2.75, 3.05) is 11.5 Å². The number of aryl methyl sites for hydroxylation is 1. The van der Waals surface area contributed by atoms with E-state index in [4.69, 9.17) is 10.5 Å². The monoisotopic (exact) mass is 304 g/mol. The van der Waals surface area contributed by atoms with E-state index in [-0.39, 0.29) is 11.7 Å². The molecule has 1 heterocycles. The second-order valence-electron chi connectivity index (χ2n) is 5.91. The van der Waals surface area contributed by atoms with E-state index in [0.29, 0.717) is 5.69 Å². The molecule has 2 N–H and O–H groups in total. The van der Waals surface area contributed by atoms with Crippen molar-refractivity contribution in [3.8, 4) is 0 Å². The van der Waals surface area contributed by atoms with Gasteiger partial charge in [0.1, 0.15) is 5.60 Å². The minimum absolute atomic E-state index is 0.223. The fourth-order valence-corrected chi connectivity index (χ4v) is 2.87. The maximum Gasteiger partial charge on any atom is 0.316 e. The van der Waals surface area contributed by atoms with Gasteiger partial charge in [0, 0.05) is 21.7 Å². The minimum Gasteiger partial charge on any atom is -0.459 e. The number of hydrogen-bond donors (Lipinski definition) is 1. The van der Waals surface area contributed by atoms with E-state index < -0.39 is 5.60 Å². The van der Waals surface area contributed by atoms with Crippen molar-refractivity contribution in [3.63, 3.8) is 0 Å². The Kier molecular flexibility index (Phi) is 4.42. The van der Waals surface area contributed by atoms with E-state index in [1.165, 1.54) is 11.8 Å². The van der Waals surface area contributed by atoms with Gasteiger partial charge in [-0.1, -0.05) is 0 Å². The molecule has 0 saturated carbocycles. The summed E-state index contributed by atoms with van der Waals surface area (Å²) in [5.41, 5.74) is 7.87. The lowest BCUT2D eigenvalue weighted by Crippen LogP contribution is -2.24. The molecule has 0 fully saturated rings. The van der Waals surface area contributed by atoms with Gasteiger partial charge in [-0.25, -0.2) is 0 Å². The summed E-state index contributed by atoms with van der Waals surface area (Å²) >= 11 is 1.45. The van der Waals surface area contributed by atoms with Crippen LogP contribution in [0.25, 0.3) is 10.9 Å². The number of benzene rings is 1. The number of nitrogens with zero attached hydrogens (tertiary/aromatic N) is 1. The highest BCUT2D eigenvalue weighted by molar-refractivity contribution is 8.00. The van der Waals surface area contributed by atoms with Crippen LogP contribution in [0.3, 0.4) is 0 Å². The summed E-state index contributed by atoms with van der Waals surface area (Å²) < 4.78 is 5.33. The zero-order valence-electron chi connectivity index (χ0n) is 12.8. The Morgan fingerprint density at radius 1 is 1.33 bits per heavy atom. The highest BCUT2D eigenvalue weighted by Crippen LogP contribution is 2.29. The minimum atomic E-state index is -0.460. The van der Waals surface area contributed by atoms with Crippen molar-refractivity contribution in [2.45, 2.75) is 38.2 Å². The Bertz CT molecular complexity index is 678. The molecule has 1 aromatic carbocycles. The summed E-state index contributed by atoms with van der Waals surface area (Å²) in [6.45, 7) is 7.53. The van der Waals surface area contributed by atoms with Crippen LogP contribution in [0.2, 0.25) is 0 Å². The Balaban J connectivity index is 2.22. The van der Waals surface area contributed by atoms with Crippen molar-refractivity contribution in [3.05, 3.63) is 30.0 Å². The Hall–Kier alpha value is -1.75. The lowest BCUT2D eigenvalue weighted by molar-refractivity contribution is -0.151. The third-order valence-electron chi connectivity index (χ3n) is 2.69. The standard InChI is InChI=1S/C16H20N2O2S/c1-10-7-14(21-9-15(19)20-16(2,3)4)12-8-11(17)5-6-13(12)18-10/h5-8H,9,17H2,1-4H3. The number of esters is 1. The first-order valence-electron chi connectivity index (χ1n) is 6.76. The molecule has 0 spiro atoms. The van der Waals surface area contributed by atoms with Crippen LogP contribution < -0.4 is 5.73 Å². The van der Waals surface area contributed by atoms with Gasteiger partial charge in [-0.3, -0.25) is 9.78 Å². The number of pyridine rings is 1. The molecule has 21 heavy (non-hydrogen) atoms. The summed E-state index contributed by atoms with van der Waals surface area (Å²) in [5.74, 6) is 0.0453. The lowest BCUT2D eigenvalue weighted by atomic mass is 10.2. The molecule has 2 rings (SSSR count). The van der Waals surface area contributed by atoms with Crippen LogP contribution in [-0.2, 0) is 9.53 Å². The third kappa shape index (κ3) is 4.36. The van der Waals surface area contributed by atoms with Crippen molar-refractivity contribution >= 4 is 34.3 Å². The molecular weight excluding hydrogens is 284 g/mol. The fraction of sp³-hybridized carbons (Fsp3) is 0.375. The van der Waals surface area contributed by atoms with E-state index in [1.807, 2.05) is 52.0 Å². The molecule has 0 aliphatic rings. The van der Waals surface area contributed by atoms with Crippen molar-refractivity contribution in [1.82, 2.24) is 4.98 Å². The van der Waals surface area contributed by atoms with Crippen LogP contribution in [-0.4, -0.2) is 22.3 Å². The molecule has 0 aliphatic heterocycles. The van der Waals surface area contributed by atoms with E-state index in [1.54, 1.807) is 0 Å². The predicted molar refractivity (Wildman–Crippen MR) is 87.5 cm³/mol. The highest BCUT2D eigenvalue weighted by atomic mass is 32.2. The number of carbonyl (C=O) groups is 1. The first kappa shape index (κ1) is 15.6. The number of anilines is 1. The second kappa shape index (κ2) is 5.93. The summed E-state index contributed by atoms with van der Waals surface area (Å²) in [5, 5.41) is 0.967. The average molecular weight is 304 g/mol. The maximum atomic E-state index is 11.8. The topological polar surface area (TPSA) is 65.2 Å². The van der Waals surface area contributed by atoms with Crippen LogP contribution in [0.5, 0.6) is 0 Å². The number of carbonyl (C=O) groups excluding carboxylic acids is 1. The Labute approximate surface area is 129 Å². The van der Waals surface area contributed by atoms with E-state index in [9.17, 15) is 4.79 Å². The number of fused-ring (bicyclic) bond motifs is 1. The predicted octanol–water partition coefficient (Wildman–Crippen LogP) is 3.56. The normalized spacial score (nSPS) is 11.6. The number of rotatable bonds is 3. The van der Waals surface area contributed by atoms with E-state index >= 15 is 0 Å². The van der Waals surface area contributed by atoms with Gasteiger partial charge < -0.3 is 10.5 Å². The molecule has 1 aromatic heterocycles. The molecule has 2 aromatic rings. The number of thioether (sulfide) groups is 1. The van der Waals surface area contributed by atoms with Gasteiger partial charge in [0.25, 0.3) is 0 Å². The zero-order valence-corrected chi connectivity index (χ0v) is 13.6. The number of hydrogen-bond acceptors (Lipinski definition) is 5. The molecule has 0 saturated heterocycles. The first-order chi connectivity index (χ1) is 9.74. The molecule has 0 unspecified atom stereocenters. The number of aromatic nitrogens is 1. The van der Waals surface area contributed by atoms with Crippen LogP contribution in [0, 0.1) is 6.92 Å². The summed E-state index contributed by atoms with van der Waals surface area (Å²) in [6.07, 6.45) is 0. The average Bonchev–Trinajstić information content (AvgIpc) is 2.34. The van der Waals surface area contributed by atoms with Gasteiger partial charge in [0.15, 0.2) is 0 Å². The Morgan fingerprint density at radius 2 is 2.05 bits per heavy atom. The van der Waals surface area contributed by atoms with Crippen LogP contribution in [0.1, 0.15) is 26.5 Å². The smallest absolute Gasteiger partial charge is 0.316 e. The molecule has 0 bridgehead atoms. The van der Waals surface area contributed by atoms with Gasteiger partial charge >= 0.3 is 5.97 Å². The molecule has 0 amide bonds. The maximum absolute atomic E-state index is 11.8. The van der Waals surface area contributed by atoms with E-state index in [0.717, 1.165) is 21.5 Å². The van der Waals surface area contributed by atoms with Crippen molar-refractivity contribution in [1.29, 1.82) is 0 Å². The Morgan fingerprint density at radius 3 is 2.71 bits per heavy atom. The van der Waals surface area contributed by atoms with Gasteiger partial charge in [0.2, 0.25) is 0 Å². The molecule has 0 aliphatic carbocycles. The van der Waals surface area contributed by atoms with Crippen LogP contribution in [0.4, 0.5) is 5.69 Å². The fourth-order valence-electron chi connectivity index (χ4n) is 1.97. The number of nitrogen functional groups attached to an aromatic ring is 1. The second-order valence-corrected chi connectivity index (χ2v) is 6.93. The summed E-state index contributed by atoms with van der Waals surface area (Å²) in [7, 11) is 0. The summed E-state index contributed by atoms with van der Waals surface area (Å²) in [6, 6.07) is 7.59. The molecule has 4 nitrogen and oxygen atoms in total. The van der Waals surface area contributed by atoms with Crippen LogP contribution >= 0.6 is 11.8 Å². The SMILES string of the molecule is Cc1cc(SCC(=O)OC(C)(C)C)c2cc(N)ccc2n1. The summed E-state index contributed by atoms with van der Waals surface area (Å²) in [4.78, 5) is 17.3. The quantitative estimate of drug-likeness (QED) is 0.533. The zero-order chi connectivity index (χ0) is 15.6. The molecule has 0 atom stereocenters. The van der Waals surface area contributed by atoms with Crippen molar-refractivity contribution in [2.24, 2.45) is 0 Å².